The molecule has 3 heteroatoms. The fraction of sp³-hybridized carbons (Fsp3) is 0.462. The second-order valence-corrected chi connectivity index (χ2v) is 9.65. The van der Waals surface area contributed by atoms with Crippen LogP contribution in [0.1, 0.15) is 12.5 Å². The summed E-state index contributed by atoms with van der Waals surface area (Å²) < 4.78 is 5.96. The zero-order chi connectivity index (χ0) is 12.2. The molecular weight excluding hydrogens is 214 g/mol. The molecule has 0 radical (unpaired) electrons. The SMILES string of the molecule is C[C@@](C#N)(Cc1ccccc1)O[Si](C)(C)C. The summed E-state index contributed by atoms with van der Waals surface area (Å²) in [7, 11) is -1.69. The van der Waals surface area contributed by atoms with Crippen LogP contribution in [-0.2, 0) is 10.8 Å². The van der Waals surface area contributed by atoms with Gasteiger partial charge in [0, 0.05) is 6.42 Å². The first-order valence-corrected chi connectivity index (χ1v) is 8.91. The first kappa shape index (κ1) is 13.0. The Labute approximate surface area is 99.0 Å². The maximum Gasteiger partial charge on any atom is 0.185 e. The topological polar surface area (TPSA) is 33.0 Å². The molecule has 0 bridgehead atoms. The third-order valence-electron chi connectivity index (χ3n) is 2.15. The van der Waals surface area contributed by atoms with Crippen molar-refractivity contribution < 1.29 is 4.43 Å². The van der Waals surface area contributed by atoms with E-state index in [1.165, 1.54) is 0 Å². The van der Waals surface area contributed by atoms with Crippen LogP contribution in [0, 0.1) is 11.3 Å². The number of benzene rings is 1. The molecule has 0 spiro atoms. The van der Waals surface area contributed by atoms with Crippen LogP contribution in [0.3, 0.4) is 0 Å². The second kappa shape index (κ2) is 4.81. The molecule has 1 rings (SSSR count). The van der Waals surface area contributed by atoms with Crippen molar-refractivity contribution in [1.82, 2.24) is 0 Å². The Bertz CT molecular complexity index is 377. The van der Waals surface area contributed by atoms with Crippen LogP contribution >= 0.6 is 0 Å². The van der Waals surface area contributed by atoms with Gasteiger partial charge in [-0.15, -0.1) is 0 Å². The van der Waals surface area contributed by atoms with Crippen LogP contribution in [0.15, 0.2) is 30.3 Å². The van der Waals surface area contributed by atoms with Crippen molar-refractivity contribution >= 4 is 8.32 Å². The predicted octanol–water partition coefficient (Wildman–Crippen LogP) is 3.36. The predicted molar refractivity (Wildman–Crippen MR) is 68.6 cm³/mol. The smallest absolute Gasteiger partial charge is 0.185 e. The van der Waals surface area contributed by atoms with Crippen molar-refractivity contribution in [3.05, 3.63) is 35.9 Å². The summed E-state index contributed by atoms with van der Waals surface area (Å²) in [6.07, 6.45) is 0.647. The molecule has 0 fully saturated rings. The zero-order valence-electron chi connectivity index (χ0n) is 10.4. The average molecular weight is 233 g/mol. The van der Waals surface area contributed by atoms with E-state index in [4.69, 9.17) is 4.43 Å². The largest absolute Gasteiger partial charge is 0.400 e. The lowest BCUT2D eigenvalue weighted by Gasteiger charge is -2.30. The van der Waals surface area contributed by atoms with E-state index in [2.05, 4.69) is 25.7 Å². The highest BCUT2D eigenvalue weighted by molar-refractivity contribution is 6.69. The summed E-state index contributed by atoms with van der Waals surface area (Å²) in [5.74, 6) is 0. The molecule has 2 nitrogen and oxygen atoms in total. The zero-order valence-corrected chi connectivity index (χ0v) is 11.4. The molecule has 0 unspecified atom stereocenters. The summed E-state index contributed by atoms with van der Waals surface area (Å²) in [5.41, 5.74) is 0.441. The molecule has 0 saturated carbocycles. The van der Waals surface area contributed by atoms with Gasteiger partial charge in [-0.1, -0.05) is 30.3 Å². The molecule has 0 N–H and O–H groups in total. The fourth-order valence-corrected chi connectivity index (χ4v) is 3.23. The van der Waals surface area contributed by atoms with Crippen molar-refractivity contribution in [2.45, 2.75) is 38.6 Å². The van der Waals surface area contributed by atoms with Crippen LogP contribution in [0.5, 0.6) is 0 Å². The van der Waals surface area contributed by atoms with Crippen LogP contribution < -0.4 is 0 Å². The third kappa shape index (κ3) is 4.17. The molecule has 0 aliphatic carbocycles. The minimum absolute atomic E-state index is 0.647. The molecule has 1 aromatic rings. The monoisotopic (exact) mass is 233 g/mol. The molecule has 0 heterocycles. The average Bonchev–Trinajstić information content (AvgIpc) is 2.16. The minimum Gasteiger partial charge on any atom is -0.400 e. The number of nitriles is 1. The normalized spacial score (nSPS) is 15.2. The Morgan fingerprint density at radius 2 is 1.81 bits per heavy atom. The lowest BCUT2D eigenvalue weighted by molar-refractivity contribution is 0.141. The number of rotatable bonds is 4. The van der Waals surface area contributed by atoms with Gasteiger partial charge in [0.15, 0.2) is 8.32 Å². The van der Waals surface area contributed by atoms with Gasteiger partial charge in [-0.25, -0.2) is 0 Å². The fourth-order valence-electron chi connectivity index (χ4n) is 1.76. The number of hydrogen-bond donors (Lipinski definition) is 0. The van der Waals surface area contributed by atoms with Crippen molar-refractivity contribution in [3.8, 4) is 6.07 Å². The van der Waals surface area contributed by atoms with Crippen molar-refractivity contribution in [2.75, 3.05) is 0 Å². The van der Waals surface area contributed by atoms with Gasteiger partial charge < -0.3 is 4.43 Å². The van der Waals surface area contributed by atoms with Gasteiger partial charge >= 0.3 is 0 Å². The van der Waals surface area contributed by atoms with Gasteiger partial charge in [-0.3, -0.25) is 0 Å². The van der Waals surface area contributed by atoms with Crippen molar-refractivity contribution in [3.63, 3.8) is 0 Å². The molecule has 0 amide bonds. The molecule has 16 heavy (non-hydrogen) atoms. The molecule has 0 aliphatic rings. The summed E-state index contributed by atoms with van der Waals surface area (Å²) in [6.45, 7) is 8.19. The highest BCUT2D eigenvalue weighted by Gasteiger charge is 2.31. The van der Waals surface area contributed by atoms with Crippen LogP contribution in [0.4, 0.5) is 0 Å². The van der Waals surface area contributed by atoms with E-state index in [0.29, 0.717) is 6.42 Å². The van der Waals surface area contributed by atoms with Gasteiger partial charge in [0.05, 0.1) is 6.07 Å². The van der Waals surface area contributed by atoms with Crippen LogP contribution in [0.25, 0.3) is 0 Å². The minimum atomic E-state index is -1.69. The maximum atomic E-state index is 9.26. The number of nitrogens with zero attached hydrogens (tertiary/aromatic N) is 1. The van der Waals surface area contributed by atoms with Crippen LogP contribution in [-0.4, -0.2) is 13.9 Å². The van der Waals surface area contributed by atoms with E-state index in [9.17, 15) is 5.26 Å². The Balaban J connectivity index is 2.80. The van der Waals surface area contributed by atoms with Gasteiger partial charge in [0.1, 0.15) is 5.60 Å². The van der Waals surface area contributed by atoms with E-state index in [1.807, 2.05) is 37.3 Å². The van der Waals surface area contributed by atoms with Crippen molar-refractivity contribution in [1.29, 1.82) is 5.26 Å². The molecule has 1 aromatic carbocycles. The summed E-state index contributed by atoms with van der Waals surface area (Å²) in [6, 6.07) is 12.3. The Morgan fingerprint density at radius 1 is 1.25 bits per heavy atom. The van der Waals surface area contributed by atoms with Crippen molar-refractivity contribution in [2.24, 2.45) is 0 Å². The molecular formula is C13H19NOSi. The van der Waals surface area contributed by atoms with E-state index >= 15 is 0 Å². The van der Waals surface area contributed by atoms with E-state index < -0.39 is 13.9 Å². The van der Waals surface area contributed by atoms with E-state index in [1.54, 1.807) is 0 Å². The Hall–Kier alpha value is -1.11. The van der Waals surface area contributed by atoms with Gasteiger partial charge in [-0.2, -0.15) is 5.26 Å². The molecule has 1 atom stereocenters. The maximum absolute atomic E-state index is 9.26. The third-order valence-corrected chi connectivity index (χ3v) is 3.22. The van der Waals surface area contributed by atoms with E-state index in [0.717, 1.165) is 5.56 Å². The van der Waals surface area contributed by atoms with Crippen LogP contribution in [0.2, 0.25) is 19.6 Å². The molecule has 0 aliphatic heterocycles. The first-order chi connectivity index (χ1) is 7.35. The summed E-state index contributed by atoms with van der Waals surface area (Å²) >= 11 is 0. The molecule has 86 valence electrons. The highest BCUT2D eigenvalue weighted by atomic mass is 28.4. The Kier molecular flexibility index (Phi) is 3.90. The summed E-state index contributed by atoms with van der Waals surface area (Å²) in [5, 5.41) is 9.26. The first-order valence-electron chi connectivity index (χ1n) is 5.50. The Morgan fingerprint density at radius 3 is 2.25 bits per heavy atom. The lowest BCUT2D eigenvalue weighted by Crippen LogP contribution is -2.41. The van der Waals surface area contributed by atoms with E-state index in [-0.39, 0.29) is 0 Å². The van der Waals surface area contributed by atoms with Gasteiger partial charge in [0.25, 0.3) is 0 Å². The van der Waals surface area contributed by atoms with Gasteiger partial charge in [-0.05, 0) is 32.1 Å². The molecule has 0 aromatic heterocycles. The summed E-state index contributed by atoms with van der Waals surface area (Å²) in [4.78, 5) is 0. The second-order valence-electron chi connectivity index (χ2n) is 5.22. The van der Waals surface area contributed by atoms with Gasteiger partial charge in [0.2, 0.25) is 0 Å². The lowest BCUT2D eigenvalue weighted by atomic mass is 9.98. The highest BCUT2D eigenvalue weighted by Crippen LogP contribution is 2.21. The quantitative estimate of drug-likeness (QED) is 0.747. The number of hydrogen-bond acceptors (Lipinski definition) is 2. The standard InChI is InChI=1S/C13H19NOSi/c1-13(11-14,15-16(2,3)4)10-12-8-6-5-7-9-12/h5-9H,10H2,1-4H3/t13-/m0/s1. The molecule has 0 saturated heterocycles.